The van der Waals surface area contributed by atoms with E-state index in [1.165, 1.54) is 7.11 Å². The van der Waals surface area contributed by atoms with Crippen LogP contribution in [0.15, 0.2) is 30.3 Å². The van der Waals surface area contributed by atoms with Crippen molar-refractivity contribution in [2.24, 2.45) is 0 Å². The Balaban J connectivity index is 2.75. The van der Waals surface area contributed by atoms with Gasteiger partial charge in [-0.2, -0.15) is 0 Å². The number of hydrogen-bond acceptors (Lipinski definition) is 5. The summed E-state index contributed by atoms with van der Waals surface area (Å²) >= 11 is 0. The summed E-state index contributed by atoms with van der Waals surface area (Å²) in [5.41, 5.74) is 0.324. The number of likely N-dealkylation sites (N-methyl/N-ethyl adjacent to an activating group) is 1. The molecule has 128 valence electrons. The van der Waals surface area contributed by atoms with Crippen LogP contribution < -0.4 is 0 Å². The molecular formula is C17H25NO5. The normalized spacial score (nSPS) is 13.0. The minimum Gasteiger partial charge on any atom is -0.467 e. The van der Waals surface area contributed by atoms with E-state index < -0.39 is 30.7 Å². The van der Waals surface area contributed by atoms with E-state index in [0.29, 0.717) is 0 Å². The van der Waals surface area contributed by atoms with Crippen LogP contribution >= 0.6 is 0 Å². The van der Waals surface area contributed by atoms with E-state index in [1.807, 2.05) is 51.1 Å². The second-order valence-corrected chi connectivity index (χ2v) is 5.97. The quantitative estimate of drug-likeness (QED) is 0.753. The van der Waals surface area contributed by atoms with Gasteiger partial charge in [-0.3, -0.25) is 4.90 Å². The molecule has 0 saturated carbocycles. The number of esters is 1. The summed E-state index contributed by atoms with van der Waals surface area (Å²) < 4.78 is 23.1. The molecule has 1 atom stereocenters. The molecule has 0 aliphatic heterocycles. The maximum absolute atomic E-state index is 12.3. The molecule has 0 N–H and O–H groups in total. The summed E-state index contributed by atoms with van der Waals surface area (Å²) in [6, 6.07) is 8.13. The zero-order chi connectivity index (χ0) is 18.2. The lowest BCUT2D eigenvalue weighted by Crippen LogP contribution is -2.47. The van der Waals surface area contributed by atoms with Gasteiger partial charge in [-0.1, -0.05) is 30.3 Å². The van der Waals surface area contributed by atoms with Crippen LogP contribution in [0.4, 0.5) is 4.79 Å². The van der Waals surface area contributed by atoms with E-state index >= 15 is 0 Å². The van der Waals surface area contributed by atoms with Crippen molar-refractivity contribution in [2.45, 2.75) is 39.0 Å². The van der Waals surface area contributed by atoms with Crippen LogP contribution in [0.1, 0.15) is 27.7 Å². The summed E-state index contributed by atoms with van der Waals surface area (Å²) in [6.07, 6.45) is -0.762. The monoisotopic (exact) mass is 324 g/mol. The fourth-order valence-corrected chi connectivity index (χ4v) is 1.68. The Kier molecular flexibility index (Phi) is 6.40. The largest absolute Gasteiger partial charge is 0.467 e. The van der Waals surface area contributed by atoms with E-state index in [0.717, 1.165) is 10.5 Å². The molecule has 6 nitrogen and oxygen atoms in total. The lowest BCUT2D eigenvalue weighted by Gasteiger charge is -2.28. The van der Waals surface area contributed by atoms with Crippen LogP contribution in [0.5, 0.6) is 0 Å². The van der Waals surface area contributed by atoms with E-state index in [4.69, 9.17) is 15.6 Å². The third-order valence-electron chi connectivity index (χ3n) is 2.96. The van der Waals surface area contributed by atoms with Crippen LogP contribution in [0.3, 0.4) is 0 Å². The SMILES string of the molecule is [2H]CN(C(=O)OCc1ccccc1)[C@@H](COC(C)(C)C)C(=O)OC. The highest BCUT2D eigenvalue weighted by molar-refractivity contribution is 5.81. The van der Waals surface area contributed by atoms with E-state index in [-0.39, 0.29) is 13.2 Å². The zero-order valence-electron chi connectivity index (χ0n) is 15.1. The van der Waals surface area contributed by atoms with E-state index in [9.17, 15) is 9.59 Å². The van der Waals surface area contributed by atoms with Gasteiger partial charge in [0.05, 0.1) is 19.3 Å². The van der Waals surface area contributed by atoms with Crippen LogP contribution in [-0.4, -0.2) is 49.3 Å². The van der Waals surface area contributed by atoms with Gasteiger partial charge < -0.3 is 14.2 Å². The zero-order valence-corrected chi connectivity index (χ0v) is 14.1. The summed E-state index contributed by atoms with van der Waals surface area (Å²) in [7, 11) is 0.782. The van der Waals surface area contributed by atoms with Gasteiger partial charge in [-0.05, 0) is 26.3 Å². The molecule has 0 bridgehead atoms. The van der Waals surface area contributed by atoms with Gasteiger partial charge in [0.25, 0.3) is 0 Å². The molecule has 0 heterocycles. The highest BCUT2D eigenvalue weighted by Gasteiger charge is 2.30. The predicted molar refractivity (Wildman–Crippen MR) is 85.9 cm³/mol. The Morgan fingerprint density at radius 1 is 1.26 bits per heavy atom. The first kappa shape index (κ1) is 17.3. The number of amides is 1. The van der Waals surface area contributed by atoms with E-state index in [1.54, 1.807) is 0 Å². The van der Waals surface area contributed by atoms with Crippen LogP contribution in [-0.2, 0) is 25.6 Å². The molecule has 1 rings (SSSR count). The molecule has 0 aromatic heterocycles. The topological polar surface area (TPSA) is 65.1 Å². The number of carbonyl (C=O) groups is 2. The summed E-state index contributed by atoms with van der Waals surface area (Å²) in [4.78, 5) is 25.2. The lowest BCUT2D eigenvalue weighted by molar-refractivity contribution is -0.150. The van der Waals surface area contributed by atoms with Crippen molar-refractivity contribution in [2.75, 3.05) is 20.7 Å². The van der Waals surface area contributed by atoms with Crippen LogP contribution in [0, 0.1) is 0 Å². The van der Waals surface area contributed by atoms with Gasteiger partial charge >= 0.3 is 12.1 Å². The third kappa shape index (κ3) is 6.69. The van der Waals surface area contributed by atoms with Gasteiger partial charge in [0, 0.05) is 8.39 Å². The Hall–Kier alpha value is -2.08. The van der Waals surface area contributed by atoms with Gasteiger partial charge in [-0.25, -0.2) is 9.59 Å². The summed E-state index contributed by atoms with van der Waals surface area (Å²) in [5, 5.41) is 0. The van der Waals surface area contributed by atoms with Crippen molar-refractivity contribution >= 4 is 12.1 Å². The fourth-order valence-electron chi connectivity index (χ4n) is 1.68. The molecule has 0 aliphatic rings. The van der Waals surface area contributed by atoms with Crippen molar-refractivity contribution in [1.82, 2.24) is 4.90 Å². The van der Waals surface area contributed by atoms with Gasteiger partial charge in [0.15, 0.2) is 6.04 Å². The number of carbonyl (C=O) groups excluding carboxylic acids is 2. The van der Waals surface area contributed by atoms with Crippen molar-refractivity contribution < 1.29 is 25.2 Å². The average molecular weight is 324 g/mol. The summed E-state index contributed by atoms with van der Waals surface area (Å²) in [5.74, 6) is -0.650. The van der Waals surface area contributed by atoms with Crippen LogP contribution in [0.25, 0.3) is 0 Å². The third-order valence-corrected chi connectivity index (χ3v) is 2.96. The standard InChI is InChI=1S/C17H25NO5/c1-17(2,3)23-12-14(15(19)21-5)18(4)16(20)22-11-13-9-7-6-8-10-13/h6-10,14H,11-12H2,1-5H3/t14-/m0/s1/i4D. The Morgan fingerprint density at radius 2 is 1.91 bits per heavy atom. The molecule has 23 heavy (non-hydrogen) atoms. The second kappa shape index (κ2) is 8.53. The number of rotatable bonds is 6. The molecule has 1 aromatic rings. The highest BCUT2D eigenvalue weighted by Crippen LogP contribution is 2.12. The van der Waals surface area contributed by atoms with Crippen molar-refractivity contribution in [3.63, 3.8) is 0 Å². The number of nitrogens with zero attached hydrogens (tertiary/aromatic N) is 1. The number of methoxy groups -OCH3 is 1. The Bertz CT molecular complexity index is 530. The maximum atomic E-state index is 12.3. The molecule has 0 radical (unpaired) electrons. The smallest absolute Gasteiger partial charge is 0.410 e. The molecular weight excluding hydrogens is 298 g/mol. The van der Waals surface area contributed by atoms with Crippen LogP contribution in [0.2, 0.25) is 0 Å². The van der Waals surface area contributed by atoms with Crippen molar-refractivity contribution in [1.29, 1.82) is 0 Å². The van der Waals surface area contributed by atoms with E-state index in [2.05, 4.69) is 0 Å². The van der Waals surface area contributed by atoms with Gasteiger partial charge in [-0.15, -0.1) is 0 Å². The molecule has 1 amide bonds. The molecule has 0 spiro atoms. The van der Waals surface area contributed by atoms with Gasteiger partial charge in [0.1, 0.15) is 6.61 Å². The van der Waals surface area contributed by atoms with Gasteiger partial charge in [0.2, 0.25) is 0 Å². The van der Waals surface area contributed by atoms with Crippen molar-refractivity contribution in [3.8, 4) is 0 Å². The first-order valence-corrected chi connectivity index (χ1v) is 7.27. The Morgan fingerprint density at radius 3 is 2.43 bits per heavy atom. The number of hydrogen-bond donors (Lipinski definition) is 0. The lowest BCUT2D eigenvalue weighted by atomic mass is 10.2. The first-order valence-electron chi connectivity index (χ1n) is 7.97. The molecule has 6 heteroatoms. The highest BCUT2D eigenvalue weighted by atomic mass is 16.6. The molecule has 0 aliphatic carbocycles. The first-order chi connectivity index (χ1) is 11.3. The van der Waals surface area contributed by atoms with Crippen molar-refractivity contribution in [3.05, 3.63) is 35.9 Å². The Labute approximate surface area is 138 Å². The summed E-state index contributed by atoms with van der Waals surface area (Å²) in [6.45, 7) is 5.49. The minimum absolute atomic E-state index is 0.0597. The number of ether oxygens (including phenoxy) is 3. The second-order valence-electron chi connectivity index (χ2n) is 5.97. The predicted octanol–water partition coefficient (Wildman–Crippen LogP) is 2.61. The number of benzene rings is 1. The molecule has 1 aromatic carbocycles. The minimum atomic E-state index is -1.03. The average Bonchev–Trinajstić information content (AvgIpc) is 2.55. The fraction of sp³-hybridized carbons (Fsp3) is 0.529. The maximum Gasteiger partial charge on any atom is 0.410 e. The molecule has 0 saturated heterocycles. The molecule has 0 fully saturated rings. The molecule has 0 unspecified atom stereocenters.